The summed E-state index contributed by atoms with van der Waals surface area (Å²) in [5.74, 6) is 0.823. The molecule has 3 heteroatoms. The number of hydrogen-bond acceptors (Lipinski definition) is 2. The SMILES string of the molecule is CCCOc1ccc(C(=O)N(C)C)cc1. The number of carbonyl (C=O) groups excluding carboxylic acids is 1. The maximum atomic E-state index is 11.6. The average molecular weight is 207 g/mol. The standard InChI is InChI=1S/C12H17NO2/c1-4-9-15-11-7-5-10(6-8-11)12(14)13(2)3/h5-8H,4,9H2,1-3H3. The van der Waals surface area contributed by atoms with Crippen LogP contribution in [-0.2, 0) is 0 Å². The van der Waals surface area contributed by atoms with Gasteiger partial charge >= 0.3 is 0 Å². The molecule has 0 heterocycles. The van der Waals surface area contributed by atoms with E-state index in [1.54, 1.807) is 31.1 Å². The maximum absolute atomic E-state index is 11.6. The third-order valence-electron chi connectivity index (χ3n) is 1.98. The number of hydrogen-bond donors (Lipinski definition) is 0. The van der Waals surface area contributed by atoms with Crippen LogP contribution < -0.4 is 4.74 Å². The van der Waals surface area contributed by atoms with Crippen LogP contribution in [0, 0.1) is 0 Å². The predicted molar refractivity (Wildman–Crippen MR) is 60.2 cm³/mol. The summed E-state index contributed by atoms with van der Waals surface area (Å²) in [4.78, 5) is 13.1. The second-order valence-electron chi connectivity index (χ2n) is 3.57. The van der Waals surface area contributed by atoms with Crippen molar-refractivity contribution in [2.75, 3.05) is 20.7 Å². The lowest BCUT2D eigenvalue weighted by atomic mass is 10.2. The minimum Gasteiger partial charge on any atom is -0.494 e. The Bertz CT molecular complexity index is 317. The summed E-state index contributed by atoms with van der Waals surface area (Å²) in [5, 5.41) is 0. The molecular weight excluding hydrogens is 190 g/mol. The van der Waals surface area contributed by atoms with E-state index in [4.69, 9.17) is 4.74 Å². The van der Waals surface area contributed by atoms with Crippen molar-refractivity contribution in [1.29, 1.82) is 0 Å². The van der Waals surface area contributed by atoms with E-state index in [9.17, 15) is 4.79 Å². The molecule has 0 radical (unpaired) electrons. The molecule has 82 valence electrons. The zero-order chi connectivity index (χ0) is 11.3. The molecule has 0 N–H and O–H groups in total. The third-order valence-corrected chi connectivity index (χ3v) is 1.98. The van der Waals surface area contributed by atoms with Gasteiger partial charge in [-0.15, -0.1) is 0 Å². The van der Waals surface area contributed by atoms with Crippen LogP contribution in [-0.4, -0.2) is 31.5 Å². The minimum absolute atomic E-state index is 0.0111. The topological polar surface area (TPSA) is 29.5 Å². The van der Waals surface area contributed by atoms with E-state index in [0.717, 1.165) is 12.2 Å². The van der Waals surface area contributed by atoms with Gasteiger partial charge in [0.1, 0.15) is 5.75 Å². The lowest BCUT2D eigenvalue weighted by Gasteiger charge is -2.10. The number of ether oxygens (including phenoxy) is 1. The molecule has 1 amide bonds. The van der Waals surface area contributed by atoms with Crippen molar-refractivity contribution < 1.29 is 9.53 Å². The molecule has 0 unspecified atom stereocenters. The molecule has 1 rings (SSSR count). The fourth-order valence-electron chi connectivity index (χ4n) is 1.17. The van der Waals surface area contributed by atoms with Gasteiger partial charge in [-0.25, -0.2) is 0 Å². The molecule has 0 aliphatic carbocycles. The van der Waals surface area contributed by atoms with Gasteiger partial charge < -0.3 is 9.64 Å². The van der Waals surface area contributed by atoms with E-state index in [0.29, 0.717) is 12.2 Å². The Hall–Kier alpha value is -1.51. The van der Waals surface area contributed by atoms with E-state index in [2.05, 4.69) is 6.92 Å². The summed E-state index contributed by atoms with van der Waals surface area (Å²) in [5.41, 5.74) is 0.684. The van der Waals surface area contributed by atoms with Crippen LogP contribution >= 0.6 is 0 Å². The van der Waals surface area contributed by atoms with Crippen LogP contribution in [0.4, 0.5) is 0 Å². The maximum Gasteiger partial charge on any atom is 0.253 e. The van der Waals surface area contributed by atoms with Crippen molar-refractivity contribution in [3.63, 3.8) is 0 Å². The van der Waals surface area contributed by atoms with E-state index in [1.807, 2.05) is 12.1 Å². The summed E-state index contributed by atoms with van der Waals surface area (Å²) in [6.07, 6.45) is 0.985. The number of amides is 1. The van der Waals surface area contributed by atoms with Crippen molar-refractivity contribution in [2.24, 2.45) is 0 Å². The highest BCUT2D eigenvalue weighted by atomic mass is 16.5. The van der Waals surface area contributed by atoms with E-state index >= 15 is 0 Å². The van der Waals surface area contributed by atoms with Crippen molar-refractivity contribution in [2.45, 2.75) is 13.3 Å². The largest absolute Gasteiger partial charge is 0.494 e. The first-order valence-electron chi connectivity index (χ1n) is 5.09. The average Bonchev–Trinajstić information content (AvgIpc) is 2.26. The van der Waals surface area contributed by atoms with Crippen LogP contribution in [0.5, 0.6) is 5.75 Å². The first-order chi connectivity index (χ1) is 7.15. The molecule has 15 heavy (non-hydrogen) atoms. The normalized spacial score (nSPS) is 9.80. The fraction of sp³-hybridized carbons (Fsp3) is 0.417. The first kappa shape index (κ1) is 11.6. The van der Waals surface area contributed by atoms with Gasteiger partial charge in [0.2, 0.25) is 0 Å². The third kappa shape index (κ3) is 3.27. The fourth-order valence-corrected chi connectivity index (χ4v) is 1.17. The van der Waals surface area contributed by atoms with Gasteiger partial charge in [0, 0.05) is 19.7 Å². The Balaban J connectivity index is 2.68. The summed E-state index contributed by atoms with van der Waals surface area (Å²) in [6, 6.07) is 7.22. The van der Waals surface area contributed by atoms with Crippen LogP contribution in [0.3, 0.4) is 0 Å². The minimum atomic E-state index is 0.0111. The molecular formula is C12H17NO2. The van der Waals surface area contributed by atoms with Gasteiger partial charge in [0.15, 0.2) is 0 Å². The van der Waals surface area contributed by atoms with Crippen molar-refractivity contribution >= 4 is 5.91 Å². The second-order valence-corrected chi connectivity index (χ2v) is 3.57. The van der Waals surface area contributed by atoms with Gasteiger partial charge in [-0.3, -0.25) is 4.79 Å². The highest BCUT2D eigenvalue weighted by Gasteiger charge is 2.06. The molecule has 0 aromatic heterocycles. The van der Waals surface area contributed by atoms with Crippen LogP contribution in [0.15, 0.2) is 24.3 Å². The summed E-state index contributed by atoms with van der Waals surface area (Å²) in [7, 11) is 3.48. The molecule has 0 atom stereocenters. The number of nitrogens with zero attached hydrogens (tertiary/aromatic N) is 1. The monoisotopic (exact) mass is 207 g/mol. The number of benzene rings is 1. The van der Waals surface area contributed by atoms with Gasteiger partial charge in [0.25, 0.3) is 5.91 Å². The first-order valence-corrected chi connectivity index (χ1v) is 5.09. The number of carbonyl (C=O) groups is 1. The molecule has 0 aliphatic heterocycles. The van der Waals surface area contributed by atoms with Crippen molar-refractivity contribution in [3.8, 4) is 5.75 Å². The second kappa shape index (κ2) is 5.39. The van der Waals surface area contributed by atoms with E-state index in [-0.39, 0.29) is 5.91 Å². The van der Waals surface area contributed by atoms with Crippen molar-refractivity contribution in [3.05, 3.63) is 29.8 Å². The molecule has 0 fully saturated rings. The molecule has 1 aromatic carbocycles. The zero-order valence-corrected chi connectivity index (χ0v) is 9.49. The summed E-state index contributed by atoms with van der Waals surface area (Å²) in [6.45, 7) is 2.77. The Morgan fingerprint density at radius 1 is 1.27 bits per heavy atom. The number of rotatable bonds is 4. The molecule has 3 nitrogen and oxygen atoms in total. The van der Waals surface area contributed by atoms with Crippen LogP contribution in [0.2, 0.25) is 0 Å². The summed E-state index contributed by atoms with van der Waals surface area (Å²) < 4.78 is 5.43. The Morgan fingerprint density at radius 2 is 1.87 bits per heavy atom. The van der Waals surface area contributed by atoms with Gasteiger partial charge in [-0.1, -0.05) is 6.92 Å². The predicted octanol–water partition coefficient (Wildman–Crippen LogP) is 2.18. The van der Waals surface area contributed by atoms with E-state index < -0.39 is 0 Å². The molecule has 1 aromatic rings. The Labute approximate surface area is 90.7 Å². The van der Waals surface area contributed by atoms with Gasteiger partial charge in [-0.2, -0.15) is 0 Å². The molecule has 0 saturated heterocycles. The smallest absolute Gasteiger partial charge is 0.253 e. The summed E-state index contributed by atoms with van der Waals surface area (Å²) >= 11 is 0. The zero-order valence-electron chi connectivity index (χ0n) is 9.49. The quantitative estimate of drug-likeness (QED) is 0.757. The highest BCUT2D eigenvalue weighted by molar-refractivity contribution is 5.93. The van der Waals surface area contributed by atoms with E-state index in [1.165, 1.54) is 0 Å². The molecule has 0 bridgehead atoms. The van der Waals surface area contributed by atoms with Gasteiger partial charge in [-0.05, 0) is 30.7 Å². The lowest BCUT2D eigenvalue weighted by molar-refractivity contribution is 0.0827. The highest BCUT2D eigenvalue weighted by Crippen LogP contribution is 2.13. The van der Waals surface area contributed by atoms with Crippen molar-refractivity contribution in [1.82, 2.24) is 4.90 Å². The Kier molecular flexibility index (Phi) is 4.16. The van der Waals surface area contributed by atoms with Crippen LogP contribution in [0.25, 0.3) is 0 Å². The van der Waals surface area contributed by atoms with Crippen LogP contribution in [0.1, 0.15) is 23.7 Å². The van der Waals surface area contributed by atoms with Gasteiger partial charge in [0.05, 0.1) is 6.61 Å². The molecule has 0 saturated carbocycles. The lowest BCUT2D eigenvalue weighted by Crippen LogP contribution is -2.21. The molecule has 0 aliphatic rings. The Morgan fingerprint density at radius 3 is 2.33 bits per heavy atom. The molecule has 0 spiro atoms.